The SMILES string of the molecule is COC(C)(C)CCOCC(=O)c1ccc(C#N)cc1. The lowest BCUT2D eigenvalue weighted by Crippen LogP contribution is -2.25. The van der Waals surface area contributed by atoms with Gasteiger partial charge in [0.1, 0.15) is 6.61 Å². The average molecular weight is 261 g/mol. The van der Waals surface area contributed by atoms with Gasteiger partial charge in [0.05, 0.1) is 17.2 Å². The van der Waals surface area contributed by atoms with E-state index < -0.39 is 0 Å². The van der Waals surface area contributed by atoms with Crippen LogP contribution in [0.4, 0.5) is 0 Å². The van der Waals surface area contributed by atoms with Crippen LogP contribution in [0.25, 0.3) is 0 Å². The van der Waals surface area contributed by atoms with Crippen LogP contribution >= 0.6 is 0 Å². The number of hydrogen-bond donors (Lipinski definition) is 0. The van der Waals surface area contributed by atoms with Gasteiger partial charge in [-0.25, -0.2) is 0 Å². The lowest BCUT2D eigenvalue weighted by Gasteiger charge is -2.22. The van der Waals surface area contributed by atoms with E-state index in [2.05, 4.69) is 0 Å². The van der Waals surface area contributed by atoms with E-state index >= 15 is 0 Å². The summed E-state index contributed by atoms with van der Waals surface area (Å²) in [6, 6.07) is 8.55. The van der Waals surface area contributed by atoms with Gasteiger partial charge in [0.2, 0.25) is 0 Å². The van der Waals surface area contributed by atoms with Crippen molar-refractivity contribution in [2.24, 2.45) is 0 Å². The second-order valence-electron chi connectivity index (χ2n) is 4.88. The number of ketones is 1. The maximum atomic E-state index is 11.8. The smallest absolute Gasteiger partial charge is 0.188 e. The molecule has 1 aromatic rings. The number of carbonyl (C=O) groups excluding carboxylic acids is 1. The fraction of sp³-hybridized carbons (Fsp3) is 0.467. The van der Waals surface area contributed by atoms with Gasteiger partial charge in [0.15, 0.2) is 5.78 Å². The molecule has 102 valence electrons. The molecule has 4 heteroatoms. The summed E-state index contributed by atoms with van der Waals surface area (Å²) in [5.74, 6) is -0.0836. The predicted molar refractivity (Wildman–Crippen MR) is 72.0 cm³/mol. The lowest BCUT2D eigenvalue weighted by atomic mass is 10.1. The normalized spacial score (nSPS) is 11.1. The largest absolute Gasteiger partial charge is 0.379 e. The number of carbonyl (C=O) groups is 1. The number of ether oxygens (including phenoxy) is 2. The molecule has 0 radical (unpaired) electrons. The zero-order valence-corrected chi connectivity index (χ0v) is 11.6. The molecule has 0 unspecified atom stereocenters. The van der Waals surface area contributed by atoms with Gasteiger partial charge in [-0.3, -0.25) is 4.79 Å². The van der Waals surface area contributed by atoms with Crippen LogP contribution in [0.3, 0.4) is 0 Å². The molecular formula is C15H19NO3. The van der Waals surface area contributed by atoms with Crippen molar-refractivity contribution in [1.29, 1.82) is 5.26 Å². The Morgan fingerprint density at radius 3 is 2.47 bits per heavy atom. The number of rotatable bonds is 7. The zero-order chi connectivity index (χ0) is 14.3. The Labute approximate surface area is 113 Å². The quantitative estimate of drug-likeness (QED) is 0.559. The van der Waals surface area contributed by atoms with Crippen molar-refractivity contribution in [3.63, 3.8) is 0 Å². The summed E-state index contributed by atoms with van der Waals surface area (Å²) in [5, 5.41) is 8.67. The highest BCUT2D eigenvalue weighted by Gasteiger charge is 2.16. The molecule has 0 N–H and O–H groups in total. The molecule has 0 spiro atoms. The molecule has 0 amide bonds. The molecule has 0 bridgehead atoms. The Balaban J connectivity index is 2.37. The summed E-state index contributed by atoms with van der Waals surface area (Å²) >= 11 is 0. The number of nitriles is 1. The Morgan fingerprint density at radius 1 is 1.32 bits per heavy atom. The van der Waals surface area contributed by atoms with Crippen molar-refractivity contribution in [2.75, 3.05) is 20.3 Å². The first-order valence-corrected chi connectivity index (χ1v) is 6.15. The van der Waals surface area contributed by atoms with E-state index in [-0.39, 0.29) is 18.0 Å². The van der Waals surface area contributed by atoms with Crippen LogP contribution in [-0.2, 0) is 9.47 Å². The van der Waals surface area contributed by atoms with Crippen LogP contribution in [0.1, 0.15) is 36.2 Å². The Hall–Kier alpha value is -1.70. The first-order chi connectivity index (χ1) is 8.98. The van der Waals surface area contributed by atoms with Crippen LogP contribution in [0.2, 0.25) is 0 Å². The first kappa shape index (κ1) is 15.4. The van der Waals surface area contributed by atoms with Crippen molar-refractivity contribution in [2.45, 2.75) is 25.9 Å². The Bertz CT molecular complexity index is 457. The minimum atomic E-state index is -0.239. The average Bonchev–Trinajstić information content (AvgIpc) is 2.43. The molecular weight excluding hydrogens is 242 g/mol. The molecule has 0 aliphatic carbocycles. The highest BCUT2D eigenvalue weighted by atomic mass is 16.5. The zero-order valence-electron chi connectivity index (χ0n) is 11.6. The second-order valence-corrected chi connectivity index (χ2v) is 4.88. The molecule has 19 heavy (non-hydrogen) atoms. The summed E-state index contributed by atoms with van der Waals surface area (Å²) in [7, 11) is 1.65. The molecule has 0 saturated heterocycles. The van der Waals surface area contributed by atoms with E-state index in [1.807, 2.05) is 19.9 Å². The fourth-order valence-electron chi connectivity index (χ4n) is 1.40. The molecule has 0 aliphatic heterocycles. The first-order valence-electron chi connectivity index (χ1n) is 6.15. The minimum Gasteiger partial charge on any atom is -0.379 e. The Morgan fingerprint density at radius 2 is 1.95 bits per heavy atom. The van der Waals surface area contributed by atoms with Crippen LogP contribution in [0.15, 0.2) is 24.3 Å². The summed E-state index contributed by atoms with van der Waals surface area (Å²) in [4.78, 5) is 11.8. The highest BCUT2D eigenvalue weighted by Crippen LogP contribution is 2.12. The predicted octanol–water partition coefficient (Wildman–Crippen LogP) is 2.57. The molecule has 0 heterocycles. The molecule has 0 aromatic heterocycles. The summed E-state index contributed by atoms with van der Waals surface area (Å²) in [6.45, 7) is 4.46. The van der Waals surface area contributed by atoms with Crippen LogP contribution in [0, 0.1) is 11.3 Å². The number of benzene rings is 1. The second kappa shape index (κ2) is 7.03. The third-order valence-electron chi connectivity index (χ3n) is 2.97. The van der Waals surface area contributed by atoms with E-state index in [1.54, 1.807) is 31.4 Å². The van der Waals surface area contributed by atoms with Crippen LogP contribution < -0.4 is 0 Å². The standard InChI is InChI=1S/C15H19NO3/c1-15(2,18-3)8-9-19-11-14(17)13-6-4-12(10-16)5-7-13/h4-7H,8-9,11H2,1-3H3. The third kappa shape index (κ3) is 5.21. The maximum Gasteiger partial charge on any atom is 0.188 e. The van der Waals surface area contributed by atoms with E-state index in [0.717, 1.165) is 6.42 Å². The molecule has 0 aliphatic rings. The molecule has 4 nitrogen and oxygen atoms in total. The maximum absolute atomic E-state index is 11.8. The van der Waals surface area contributed by atoms with Gasteiger partial charge in [0, 0.05) is 19.3 Å². The van der Waals surface area contributed by atoms with Crippen molar-refractivity contribution < 1.29 is 14.3 Å². The summed E-state index contributed by atoms with van der Waals surface area (Å²) < 4.78 is 10.6. The molecule has 0 atom stereocenters. The van der Waals surface area contributed by atoms with Gasteiger partial charge in [-0.15, -0.1) is 0 Å². The fourth-order valence-corrected chi connectivity index (χ4v) is 1.40. The number of hydrogen-bond acceptors (Lipinski definition) is 4. The van der Waals surface area contributed by atoms with E-state index in [0.29, 0.717) is 17.7 Å². The van der Waals surface area contributed by atoms with Gasteiger partial charge >= 0.3 is 0 Å². The molecule has 1 aromatic carbocycles. The third-order valence-corrected chi connectivity index (χ3v) is 2.97. The van der Waals surface area contributed by atoms with Crippen LogP contribution in [-0.4, -0.2) is 31.7 Å². The van der Waals surface area contributed by atoms with Crippen LogP contribution in [0.5, 0.6) is 0 Å². The Kier molecular flexibility index (Phi) is 5.68. The van der Waals surface area contributed by atoms with E-state index in [1.165, 1.54) is 0 Å². The molecule has 0 fully saturated rings. The van der Waals surface area contributed by atoms with Gasteiger partial charge in [-0.05, 0) is 32.4 Å². The van der Waals surface area contributed by atoms with Gasteiger partial charge in [-0.1, -0.05) is 12.1 Å². The van der Waals surface area contributed by atoms with Gasteiger partial charge in [-0.2, -0.15) is 5.26 Å². The van der Waals surface area contributed by atoms with Crippen molar-refractivity contribution >= 4 is 5.78 Å². The van der Waals surface area contributed by atoms with E-state index in [4.69, 9.17) is 14.7 Å². The van der Waals surface area contributed by atoms with Gasteiger partial charge in [0.25, 0.3) is 0 Å². The monoisotopic (exact) mass is 261 g/mol. The highest BCUT2D eigenvalue weighted by molar-refractivity contribution is 5.97. The minimum absolute atomic E-state index is 0.0473. The van der Waals surface area contributed by atoms with Crippen molar-refractivity contribution in [1.82, 2.24) is 0 Å². The molecule has 1 rings (SSSR count). The summed E-state index contributed by atoms with van der Waals surface area (Å²) in [5.41, 5.74) is 0.863. The molecule has 0 saturated carbocycles. The van der Waals surface area contributed by atoms with Crippen molar-refractivity contribution in [3.8, 4) is 6.07 Å². The number of Topliss-reactive ketones (excluding diaryl/α,β-unsaturated/α-hetero) is 1. The number of methoxy groups -OCH3 is 1. The van der Waals surface area contributed by atoms with E-state index in [9.17, 15) is 4.79 Å². The van der Waals surface area contributed by atoms with Crippen molar-refractivity contribution in [3.05, 3.63) is 35.4 Å². The topological polar surface area (TPSA) is 59.3 Å². The summed E-state index contributed by atoms with van der Waals surface area (Å²) in [6.07, 6.45) is 0.726. The number of nitrogens with zero attached hydrogens (tertiary/aromatic N) is 1. The lowest BCUT2D eigenvalue weighted by molar-refractivity contribution is -0.00836. The van der Waals surface area contributed by atoms with Gasteiger partial charge < -0.3 is 9.47 Å².